The SMILES string of the molecule is CCCC(NC(CC)c1ccccc1F)c1ccccc1. The Kier molecular flexibility index (Phi) is 5.94. The van der Waals surface area contributed by atoms with E-state index >= 15 is 0 Å². The van der Waals surface area contributed by atoms with Gasteiger partial charge in [-0.15, -0.1) is 0 Å². The maximum absolute atomic E-state index is 14.0. The van der Waals surface area contributed by atoms with Crippen molar-refractivity contribution in [2.45, 2.75) is 45.2 Å². The van der Waals surface area contributed by atoms with Gasteiger partial charge < -0.3 is 5.32 Å². The Morgan fingerprint density at radius 1 is 0.905 bits per heavy atom. The third-order valence-electron chi connectivity index (χ3n) is 3.87. The highest BCUT2D eigenvalue weighted by molar-refractivity contribution is 5.23. The molecule has 112 valence electrons. The van der Waals surface area contributed by atoms with Crippen LogP contribution in [0.15, 0.2) is 54.6 Å². The number of nitrogens with one attached hydrogen (secondary N) is 1. The van der Waals surface area contributed by atoms with Crippen LogP contribution < -0.4 is 5.32 Å². The molecule has 0 aromatic heterocycles. The summed E-state index contributed by atoms with van der Waals surface area (Å²) in [5.41, 5.74) is 2.03. The highest BCUT2D eigenvalue weighted by Gasteiger charge is 2.18. The average Bonchev–Trinajstić information content (AvgIpc) is 2.53. The second-order valence-corrected chi connectivity index (χ2v) is 5.40. The molecule has 0 radical (unpaired) electrons. The van der Waals surface area contributed by atoms with E-state index in [0.29, 0.717) is 0 Å². The molecule has 0 saturated heterocycles. The molecule has 0 fully saturated rings. The maximum Gasteiger partial charge on any atom is 0.127 e. The van der Waals surface area contributed by atoms with Gasteiger partial charge in [0.2, 0.25) is 0 Å². The van der Waals surface area contributed by atoms with Gasteiger partial charge in [0.25, 0.3) is 0 Å². The van der Waals surface area contributed by atoms with E-state index in [1.807, 2.05) is 18.2 Å². The lowest BCUT2D eigenvalue weighted by molar-refractivity contribution is 0.402. The molecule has 0 heterocycles. The van der Waals surface area contributed by atoms with Crippen molar-refractivity contribution in [2.24, 2.45) is 0 Å². The van der Waals surface area contributed by atoms with Gasteiger partial charge >= 0.3 is 0 Å². The van der Waals surface area contributed by atoms with Crippen LogP contribution in [0.3, 0.4) is 0 Å². The molecule has 0 bridgehead atoms. The first-order valence-corrected chi connectivity index (χ1v) is 7.81. The highest BCUT2D eigenvalue weighted by Crippen LogP contribution is 2.26. The molecule has 0 amide bonds. The van der Waals surface area contributed by atoms with Crippen LogP contribution in [0.1, 0.15) is 56.3 Å². The quantitative estimate of drug-likeness (QED) is 0.717. The Hall–Kier alpha value is -1.67. The number of hydrogen-bond donors (Lipinski definition) is 1. The van der Waals surface area contributed by atoms with E-state index in [-0.39, 0.29) is 17.9 Å². The largest absolute Gasteiger partial charge is 0.303 e. The van der Waals surface area contributed by atoms with E-state index in [1.54, 1.807) is 6.07 Å². The van der Waals surface area contributed by atoms with Crippen molar-refractivity contribution in [3.63, 3.8) is 0 Å². The third-order valence-corrected chi connectivity index (χ3v) is 3.87. The molecule has 2 atom stereocenters. The van der Waals surface area contributed by atoms with Crippen LogP contribution in [0.2, 0.25) is 0 Å². The van der Waals surface area contributed by atoms with E-state index in [4.69, 9.17) is 0 Å². The molecule has 2 aromatic carbocycles. The number of benzene rings is 2. The lowest BCUT2D eigenvalue weighted by atomic mass is 9.97. The number of rotatable bonds is 7. The van der Waals surface area contributed by atoms with Gasteiger partial charge in [0.1, 0.15) is 5.82 Å². The van der Waals surface area contributed by atoms with E-state index in [2.05, 4.69) is 43.4 Å². The summed E-state index contributed by atoms with van der Waals surface area (Å²) in [5.74, 6) is -0.125. The molecule has 0 spiro atoms. The zero-order valence-electron chi connectivity index (χ0n) is 12.9. The summed E-state index contributed by atoms with van der Waals surface area (Å²) in [6.45, 7) is 4.28. The molecule has 0 aliphatic carbocycles. The first kappa shape index (κ1) is 15.7. The van der Waals surface area contributed by atoms with Gasteiger partial charge in [0, 0.05) is 17.6 Å². The van der Waals surface area contributed by atoms with Crippen LogP contribution in [0.25, 0.3) is 0 Å². The van der Waals surface area contributed by atoms with Crippen molar-refractivity contribution >= 4 is 0 Å². The lowest BCUT2D eigenvalue weighted by Crippen LogP contribution is -2.26. The van der Waals surface area contributed by atoms with Crippen molar-refractivity contribution in [1.29, 1.82) is 0 Å². The molecule has 1 N–H and O–H groups in total. The topological polar surface area (TPSA) is 12.0 Å². The van der Waals surface area contributed by atoms with Crippen LogP contribution in [-0.2, 0) is 0 Å². The fraction of sp³-hybridized carbons (Fsp3) is 0.368. The summed E-state index contributed by atoms with van der Waals surface area (Å²) in [5, 5.41) is 3.64. The summed E-state index contributed by atoms with van der Waals surface area (Å²) in [6, 6.07) is 17.8. The monoisotopic (exact) mass is 285 g/mol. The van der Waals surface area contributed by atoms with Crippen molar-refractivity contribution < 1.29 is 4.39 Å². The zero-order valence-corrected chi connectivity index (χ0v) is 12.9. The van der Waals surface area contributed by atoms with Crippen LogP contribution in [0, 0.1) is 5.82 Å². The first-order valence-electron chi connectivity index (χ1n) is 7.81. The Bertz CT molecular complexity index is 538. The molecule has 2 aromatic rings. The van der Waals surface area contributed by atoms with Crippen molar-refractivity contribution in [1.82, 2.24) is 5.32 Å². The second kappa shape index (κ2) is 7.94. The summed E-state index contributed by atoms with van der Waals surface area (Å²) in [7, 11) is 0. The van der Waals surface area contributed by atoms with E-state index in [0.717, 1.165) is 24.8 Å². The van der Waals surface area contributed by atoms with Gasteiger partial charge in [-0.05, 0) is 24.5 Å². The molecule has 2 rings (SSSR count). The minimum atomic E-state index is -0.125. The third kappa shape index (κ3) is 4.15. The number of halogens is 1. The predicted octanol–water partition coefficient (Wildman–Crippen LogP) is 5.41. The van der Waals surface area contributed by atoms with Gasteiger partial charge in [-0.1, -0.05) is 68.8 Å². The standard InChI is InChI=1S/C19H24FN/c1-3-10-19(15-11-6-5-7-12-15)21-18(4-2)16-13-8-9-14-17(16)20/h5-9,11-14,18-19,21H,3-4,10H2,1-2H3. The number of hydrogen-bond acceptors (Lipinski definition) is 1. The van der Waals surface area contributed by atoms with E-state index in [9.17, 15) is 4.39 Å². The zero-order chi connectivity index (χ0) is 15.1. The molecular weight excluding hydrogens is 261 g/mol. The van der Waals surface area contributed by atoms with Crippen LogP contribution in [0.4, 0.5) is 4.39 Å². The van der Waals surface area contributed by atoms with Crippen molar-refractivity contribution in [2.75, 3.05) is 0 Å². The Balaban J connectivity index is 2.20. The molecule has 1 nitrogen and oxygen atoms in total. The molecular formula is C19H24FN. The molecule has 2 heteroatoms. The van der Waals surface area contributed by atoms with Gasteiger partial charge in [0.05, 0.1) is 0 Å². The summed E-state index contributed by atoms with van der Waals surface area (Å²) < 4.78 is 14.0. The molecule has 0 aliphatic rings. The smallest absolute Gasteiger partial charge is 0.127 e. The van der Waals surface area contributed by atoms with Crippen molar-refractivity contribution in [3.8, 4) is 0 Å². The fourth-order valence-electron chi connectivity index (χ4n) is 2.75. The highest BCUT2D eigenvalue weighted by atomic mass is 19.1. The molecule has 0 aliphatic heterocycles. The maximum atomic E-state index is 14.0. The Morgan fingerprint density at radius 3 is 2.19 bits per heavy atom. The van der Waals surface area contributed by atoms with E-state index < -0.39 is 0 Å². The molecule has 0 saturated carbocycles. The van der Waals surface area contributed by atoms with Crippen LogP contribution >= 0.6 is 0 Å². The normalized spacial score (nSPS) is 13.9. The van der Waals surface area contributed by atoms with Gasteiger partial charge in [-0.25, -0.2) is 4.39 Å². The van der Waals surface area contributed by atoms with Gasteiger partial charge in [-0.3, -0.25) is 0 Å². The Labute approximate surface area is 127 Å². The lowest BCUT2D eigenvalue weighted by Gasteiger charge is -2.26. The van der Waals surface area contributed by atoms with E-state index in [1.165, 1.54) is 11.6 Å². The van der Waals surface area contributed by atoms with Gasteiger partial charge in [0.15, 0.2) is 0 Å². The predicted molar refractivity (Wildman–Crippen MR) is 86.7 cm³/mol. The summed E-state index contributed by atoms with van der Waals surface area (Å²) >= 11 is 0. The average molecular weight is 285 g/mol. The molecule has 21 heavy (non-hydrogen) atoms. The first-order chi connectivity index (χ1) is 10.3. The Morgan fingerprint density at radius 2 is 1.57 bits per heavy atom. The summed E-state index contributed by atoms with van der Waals surface area (Å²) in [6.07, 6.45) is 3.02. The van der Waals surface area contributed by atoms with Crippen molar-refractivity contribution in [3.05, 3.63) is 71.5 Å². The molecule has 2 unspecified atom stereocenters. The minimum absolute atomic E-state index is 0.0444. The van der Waals surface area contributed by atoms with Gasteiger partial charge in [-0.2, -0.15) is 0 Å². The van der Waals surface area contributed by atoms with Crippen LogP contribution in [0.5, 0.6) is 0 Å². The minimum Gasteiger partial charge on any atom is -0.303 e. The van der Waals surface area contributed by atoms with Crippen LogP contribution in [-0.4, -0.2) is 0 Å². The second-order valence-electron chi connectivity index (χ2n) is 5.40. The summed E-state index contributed by atoms with van der Waals surface area (Å²) in [4.78, 5) is 0. The fourth-order valence-corrected chi connectivity index (χ4v) is 2.75.